The van der Waals surface area contributed by atoms with Gasteiger partial charge in [0.1, 0.15) is 18.4 Å². The molecular formula is C17H18N2O2. The quantitative estimate of drug-likeness (QED) is 0.940. The van der Waals surface area contributed by atoms with Crippen LogP contribution in [0.3, 0.4) is 0 Å². The van der Waals surface area contributed by atoms with Crippen molar-refractivity contribution in [1.29, 1.82) is 0 Å². The highest BCUT2D eigenvalue weighted by atomic mass is 16.5. The van der Waals surface area contributed by atoms with E-state index in [1.807, 2.05) is 61.5 Å². The molecule has 4 nitrogen and oxygen atoms in total. The first-order chi connectivity index (χ1) is 10.1. The number of ketones is 1. The summed E-state index contributed by atoms with van der Waals surface area (Å²) >= 11 is 0. The first-order valence-corrected chi connectivity index (χ1v) is 6.95. The Kier molecular flexibility index (Phi) is 3.52. The van der Waals surface area contributed by atoms with Gasteiger partial charge in [-0.1, -0.05) is 12.1 Å². The summed E-state index contributed by atoms with van der Waals surface area (Å²) in [5, 5.41) is 3.24. The number of ether oxygens (including phenoxy) is 1. The summed E-state index contributed by atoms with van der Waals surface area (Å²) in [4.78, 5) is 14.5. The maximum atomic E-state index is 12.4. The van der Waals surface area contributed by atoms with Gasteiger partial charge in [-0.3, -0.25) is 4.79 Å². The standard InChI is InChI=1S/C17H18N2O2/c1-19(2)13-9-7-12(8-10-13)18-15-11-21-16-6-4-3-5-14(16)17(15)20/h3-10,15,18H,11H2,1-2H3/t15-/m1/s1. The second kappa shape index (κ2) is 5.48. The average Bonchev–Trinajstić information content (AvgIpc) is 2.51. The van der Waals surface area contributed by atoms with Crippen molar-refractivity contribution >= 4 is 17.2 Å². The van der Waals surface area contributed by atoms with Gasteiger partial charge in [-0.15, -0.1) is 0 Å². The number of rotatable bonds is 3. The SMILES string of the molecule is CN(C)c1ccc(N[C@@H]2COc3ccccc3C2=O)cc1. The van der Waals surface area contributed by atoms with Gasteiger partial charge in [-0.25, -0.2) is 0 Å². The lowest BCUT2D eigenvalue weighted by molar-refractivity contribution is 0.0912. The second-order valence-electron chi connectivity index (χ2n) is 5.31. The maximum Gasteiger partial charge on any atom is 0.192 e. The minimum absolute atomic E-state index is 0.0773. The lowest BCUT2D eigenvalue weighted by Crippen LogP contribution is -2.39. The number of nitrogens with zero attached hydrogens (tertiary/aromatic N) is 1. The van der Waals surface area contributed by atoms with Crippen LogP contribution in [0.15, 0.2) is 48.5 Å². The summed E-state index contributed by atoms with van der Waals surface area (Å²) in [6, 6.07) is 15.0. The summed E-state index contributed by atoms with van der Waals surface area (Å²) in [5.41, 5.74) is 2.69. The molecule has 21 heavy (non-hydrogen) atoms. The van der Waals surface area contributed by atoms with Crippen LogP contribution in [0.2, 0.25) is 0 Å². The number of carbonyl (C=O) groups is 1. The highest BCUT2D eigenvalue weighted by Gasteiger charge is 2.28. The molecule has 4 heteroatoms. The van der Waals surface area contributed by atoms with Crippen molar-refractivity contribution in [2.24, 2.45) is 0 Å². The predicted molar refractivity (Wildman–Crippen MR) is 84.4 cm³/mol. The number of carbonyl (C=O) groups excluding carboxylic acids is 1. The minimum atomic E-state index is -0.342. The zero-order valence-electron chi connectivity index (χ0n) is 12.2. The molecule has 108 valence electrons. The highest BCUT2D eigenvalue weighted by Crippen LogP contribution is 2.26. The number of para-hydroxylation sites is 1. The summed E-state index contributed by atoms with van der Waals surface area (Å²) in [7, 11) is 4.00. The topological polar surface area (TPSA) is 41.6 Å². The molecule has 1 N–H and O–H groups in total. The van der Waals surface area contributed by atoms with E-state index in [1.54, 1.807) is 6.07 Å². The van der Waals surface area contributed by atoms with Crippen LogP contribution in [0, 0.1) is 0 Å². The number of benzene rings is 2. The van der Waals surface area contributed by atoms with Crippen molar-refractivity contribution in [3.05, 3.63) is 54.1 Å². The molecule has 0 amide bonds. The molecular weight excluding hydrogens is 264 g/mol. The molecule has 0 saturated carbocycles. The van der Waals surface area contributed by atoms with Gasteiger partial charge in [0.05, 0.1) is 5.56 Å². The van der Waals surface area contributed by atoms with E-state index < -0.39 is 0 Å². The van der Waals surface area contributed by atoms with E-state index in [2.05, 4.69) is 5.32 Å². The number of nitrogens with one attached hydrogen (secondary N) is 1. The zero-order chi connectivity index (χ0) is 14.8. The number of hydrogen-bond acceptors (Lipinski definition) is 4. The zero-order valence-corrected chi connectivity index (χ0v) is 12.2. The minimum Gasteiger partial charge on any atom is -0.490 e. The fourth-order valence-corrected chi connectivity index (χ4v) is 2.40. The van der Waals surface area contributed by atoms with E-state index in [9.17, 15) is 4.79 Å². The third-order valence-electron chi connectivity index (χ3n) is 3.60. The summed E-state index contributed by atoms with van der Waals surface area (Å²) in [6.45, 7) is 0.352. The molecule has 0 radical (unpaired) electrons. The van der Waals surface area contributed by atoms with Crippen LogP contribution in [0.1, 0.15) is 10.4 Å². The molecule has 0 aromatic heterocycles. The Bertz CT molecular complexity index is 650. The normalized spacial score (nSPS) is 16.9. The number of hydrogen-bond donors (Lipinski definition) is 1. The molecule has 0 saturated heterocycles. The third kappa shape index (κ3) is 2.70. The third-order valence-corrected chi connectivity index (χ3v) is 3.60. The van der Waals surface area contributed by atoms with Crippen LogP contribution in [-0.4, -0.2) is 32.5 Å². The van der Waals surface area contributed by atoms with Gasteiger partial charge in [-0.2, -0.15) is 0 Å². The Morgan fingerprint density at radius 2 is 1.81 bits per heavy atom. The fraction of sp³-hybridized carbons (Fsp3) is 0.235. The maximum absolute atomic E-state index is 12.4. The van der Waals surface area contributed by atoms with Gasteiger partial charge in [0.2, 0.25) is 0 Å². The van der Waals surface area contributed by atoms with Gasteiger partial charge in [0, 0.05) is 25.5 Å². The molecule has 2 aromatic rings. The van der Waals surface area contributed by atoms with Crippen LogP contribution in [0.25, 0.3) is 0 Å². The molecule has 1 atom stereocenters. The van der Waals surface area contributed by atoms with E-state index in [1.165, 1.54) is 0 Å². The molecule has 0 unspecified atom stereocenters. The molecule has 2 aromatic carbocycles. The molecule has 1 aliphatic heterocycles. The Morgan fingerprint density at radius 1 is 1.10 bits per heavy atom. The largest absolute Gasteiger partial charge is 0.490 e. The van der Waals surface area contributed by atoms with Crippen molar-refractivity contribution in [3.63, 3.8) is 0 Å². The Morgan fingerprint density at radius 3 is 2.52 bits per heavy atom. The van der Waals surface area contributed by atoms with E-state index in [4.69, 9.17) is 4.74 Å². The molecule has 0 aliphatic carbocycles. The molecule has 0 spiro atoms. The molecule has 1 heterocycles. The fourth-order valence-electron chi connectivity index (χ4n) is 2.40. The number of anilines is 2. The van der Waals surface area contributed by atoms with Gasteiger partial charge in [0.25, 0.3) is 0 Å². The predicted octanol–water partition coefficient (Wildman–Crippen LogP) is 2.81. The summed E-state index contributed by atoms with van der Waals surface area (Å²) in [5.74, 6) is 0.747. The van der Waals surface area contributed by atoms with Crippen LogP contribution in [0.4, 0.5) is 11.4 Å². The number of Topliss-reactive ketones (excluding diaryl/α,β-unsaturated/α-hetero) is 1. The second-order valence-corrected chi connectivity index (χ2v) is 5.31. The Labute approximate surface area is 124 Å². The highest BCUT2D eigenvalue weighted by molar-refractivity contribution is 6.04. The first-order valence-electron chi connectivity index (χ1n) is 6.95. The van der Waals surface area contributed by atoms with Crippen LogP contribution in [0.5, 0.6) is 5.75 Å². The van der Waals surface area contributed by atoms with Gasteiger partial charge in [0.15, 0.2) is 5.78 Å². The van der Waals surface area contributed by atoms with E-state index in [-0.39, 0.29) is 11.8 Å². The molecule has 3 rings (SSSR count). The van der Waals surface area contributed by atoms with Gasteiger partial charge in [-0.05, 0) is 36.4 Å². The lowest BCUT2D eigenvalue weighted by atomic mass is 10.0. The van der Waals surface area contributed by atoms with Crippen LogP contribution >= 0.6 is 0 Å². The van der Waals surface area contributed by atoms with E-state index >= 15 is 0 Å². The summed E-state index contributed by atoms with van der Waals surface area (Å²) < 4.78 is 5.65. The molecule has 1 aliphatic rings. The monoisotopic (exact) mass is 282 g/mol. The Hall–Kier alpha value is -2.49. The first kappa shape index (κ1) is 13.5. The van der Waals surface area contributed by atoms with Crippen molar-refractivity contribution in [3.8, 4) is 5.75 Å². The Balaban J connectivity index is 1.76. The van der Waals surface area contributed by atoms with Crippen molar-refractivity contribution in [1.82, 2.24) is 0 Å². The van der Waals surface area contributed by atoms with Gasteiger partial charge >= 0.3 is 0 Å². The summed E-state index contributed by atoms with van der Waals surface area (Å²) in [6.07, 6.45) is 0. The van der Waals surface area contributed by atoms with Crippen LogP contribution < -0.4 is 15.0 Å². The van der Waals surface area contributed by atoms with Crippen molar-refractivity contribution < 1.29 is 9.53 Å². The lowest BCUT2D eigenvalue weighted by Gasteiger charge is -2.25. The van der Waals surface area contributed by atoms with E-state index in [0.29, 0.717) is 17.9 Å². The molecule has 0 bridgehead atoms. The molecule has 0 fully saturated rings. The van der Waals surface area contributed by atoms with Gasteiger partial charge < -0.3 is 15.0 Å². The smallest absolute Gasteiger partial charge is 0.192 e. The van der Waals surface area contributed by atoms with E-state index in [0.717, 1.165) is 11.4 Å². The van der Waals surface area contributed by atoms with Crippen molar-refractivity contribution in [2.75, 3.05) is 30.9 Å². The average molecular weight is 282 g/mol. The number of fused-ring (bicyclic) bond motifs is 1. The van der Waals surface area contributed by atoms with Crippen molar-refractivity contribution in [2.45, 2.75) is 6.04 Å². The van der Waals surface area contributed by atoms with Crippen LogP contribution in [-0.2, 0) is 0 Å².